The molecular weight excluding hydrogens is 268 g/mol. The number of nitrogens with two attached hydrogens (primary N) is 1. The average molecular weight is 290 g/mol. The molecule has 0 fully saturated rings. The number of hydrogen-bond acceptors (Lipinski definition) is 5. The standard InChI is InChI=1S/C15H22N4S/c1-3-19(4-2)11-10-17-15-13(14(16)18-20-15)12-8-6-5-7-9-12/h5-9,17H,3-4,10-11H2,1-2H3,(H2,16,18). The summed E-state index contributed by atoms with van der Waals surface area (Å²) >= 11 is 1.43. The molecule has 0 atom stereocenters. The second-order valence-corrected chi connectivity index (χ2v) is 5.37. The van der Waals surface area contributed by atoms with Crippen LogP contribution in [0.2, 0.25) is 0 Å². The SMILES string of the molecule is CCN(CC)CCNc1snc(N)c1-c1ccccc1. The van der Waals surface area contributed by atoms with Gasteiger partial charge >= 0.3 is 0 Å². The van der Waals surface area contributed by atoms with Crippen LogP contribution < -0.4 is 11.1 Å². The molecule has 0 spiro atoms. The number of hydrogen-bond donors (Lipinski definition) is 2. The first kappa shape index (κ1) is 14.8. The molecule has 0 bridgehead atoms. The molecule has 0 radical (unpaired) electrons. The van der Waals surface area contributed by atoms with Gasteiger partial charge in [-0.15, -0.1) is 0 Å². The molecule has 0 aliphatic rings. The summed E-state index contributed by atoms with van der Waals surface area (Å²) in [6.07, 6.45) is 0. The molecule has 0 aliphatic carbocycles. The Balaban J connectivity index is 2.06. The van der Waals surface area contributed by atoms with Gasteiger partial charge in [-0.1, -0.05) is 44.2 Å². The zero-order chi connectivity index (χ0) is 14.4. The molecule has 0 saturated carbocycles. The van der Waals surface area contributed by atoms with Gasteiger partial charge in [0.1, 0.15) is 10.8 Å². The van der Waals surface area contributed by atoms with Crippen LogP contribution in [-0.2, 0) is 0 Å². The predicted molar refractivity (Wildman–Crippen MR) is 88.2 cm³/mol. The Bertz CT molecular complexity index is 520. The van der Waals surface area contributed by atoms with E-state index in [1.807, 2.05) is 18.2 Å². The minimum Gasteiger partial charge on any atom is -0.382 e. The fourth-order valence-electron chi connectivity index (χ4n) is 2.17. The van der Waals surface area contributed by atoms with Crippen LogP contribution in [0.3, 0.4) is 0 Å². The monoisotopic (exact) mass is 290 g/mol. The summed E-state index contributed by atoms with van der Waals surface area (Å²) in [5.41, 5.74) is 8.14. The number of nitrogens with zero attached hydrogens (tertiary/aromatic N) is 2. The topological polar surface area (TPSA) is 54.2 Å². The van der Waals surface area contributed by atoms with Gasteiger partial charge in [0.2, 0.25) is 0 Å². The van der Waals surface area contributed by atoms with Crippen molar-refractivity contribution in [1.82, 2.24) is 9.27 Å². The Morgan fingerprint density at radius 3 is 2.55 bits per heavy atom. The Hall–Kier alpha value is -1.59. The molecule has 3 N–H and O–H groups in total. The van der Waals surface area contributed by atoms with Gasteiger partial charge in [0.15, 0.2) is 0 Å². The minimum atomic E-state index is 0.603. The molecule has 108 valence electrons. The lowest BCUT2D eigenvalue weighted by molar-refractivity contribution is 0.316. The third-order valence-electron chi connectivity index (χ3n) is 3.39. The number of aromatic nitrogens is 1. The Morgan fingerprint density at radius 1 is 1.20 bits per heavy atom. The number of likely N-dealkylation sites (N-methyl/N-ethyl adjacent to an activating group) is 1. The Kier molecular flexibility index (Phi) is 5.38. The van der Waals surface area contributed by atoms with Gasteiger partial charge < -0.3 is 16.0 Å². The summed E-state index contributed by atoms with van der Waals surface area (Å²) in [6.45, 7) is 8.46. The lowest BCUT2D eigenvalue weighted by atomic mass is 10.1. The van der Waals surface area contributed by atoms with Crippen molar-refractivity contribution in [1.29, 1.82) is 0 Å². The number of rotatable bonds is 7. The van der Waals surface area contributed by atoms with Crippen molar-refractivity contribution >= 4 is 22.4 Å². The largest absolute Gasteiger partial charge is 0.382 e. The molecule has 1 aromatic heterocycles. The van der Waals surface area contributed by atoms with E-state index in [-0.39, 0.29) is 0 Å². The highest BCUT2D eigenvalue weighted by Crippen LogP contribution is 2.36. The second kappa shape index (κ2) is 7.26. The number of benzene rings is 1. The van der Waals surface area contributed by atoms with Gasteiger partial charge in [0, 0.05) is 13.1 Å². The van der Waals surface area contributed by atoms with Crippen molar-refractivity contribution in [2.24, 2.45) is 0 Å². The highest BCUT2D eigenvalue weighted by Gasteiger charge is 2.13. The summed E-state index contributed by atoms with van der Waals surface area (Å²) in [6, 6.07) is 10.2. The Labute approximate surface area is 124 Å². The average Bonchev–Trinajstić information content (AvgIpc) is 2.85. The molecule has 0 saturated heterocycles. The van der Waals surface area contributed by atoms with E-state index in [9.17, 15) is 0 Å². The molecule has 0 amide bonds. The molecule has 0 aliphatic heterocycles. The van der Waals surface area contributed by atoms with Crippen molar-refractivity contribution in [3.8, 4) is 11.1 Å². The quantitative estimate of drug-likeness (QED) is 0.822. The van der Waals surface area contributed by atoms with Crippen LogP contribution in [0.5, 0.6) is 0 Å². The lowest BCUT2D eigenvalue weighted by Gasteiger charge is -2.18. The predicted octanol–water partition coefficient (Wildman–Crippen LogP) is 3.15. The molecule has 20 heavy (non-hydrogen) atoms. The van der Waals surface area contributed by atoms with Crippen molar-refractivity contribution in [3.05, 3.63) is 30.3 Å². The summed E-state index contributed by atoms with van der Waals surface area (Å²) < 4.78 is 4.27. The van der Waals surface area contributed by atoms with Gasteiger partial charge in [-0.2, -0.15) is 4.37 Å². The first-order valence-electron chi connectivity index (χ1n) is 7.03. The molecule has 2 rings (SSSR count). The van der Waals surface area contributed by atoms with Crippen molar-refractivity contribution < 1.29 is 0 Å². The fraction of sp³-hybridized carbons (Fsp3) is 0.400. The molecular formula is C15H22N4S. The van der Waals surface area contributed by atoms with E-state index in [0.717, 1.165) is 42.3 Å². The van der Waals surface area contributed by atoms with Crippen LogP contribution >= 0.6 is 11.5 Å². The maximum absolute atomic E-state index is 6.01. The van der Waals surface area contributed by atoms with Gasteiger partial charge in [-0.05, 0) is 30.2 Å². The van der Waals surface area contributed by atoms with Gasteiger partial charge in [-0.25, -0.2) is 0 Å². The maximum Gasteiger partial charge on any atom is 0.147 e. The number of nitrogens with one attached hydrogen (secondary N) is 1. The van der Waals surface area contributed by atoms with Crippen LogP contribution in [0, 0.1) is 0 Å². The molecule has 2 aromatic rings. The van der Waals surface area contributed by atoms with E-state index in [0.29, 0.717) is 5.82 Å². The van der Waals surface area contributed by atoms with Crippen molar-refractivity contribution in [3.63, 3.8) is 0 Å². The molecule has 0 unspecified atom stereocenters. The normalized spacial score (nSPS) is 10.9. The minimum absolute atomic E-state index is 0.603. The van der Waals surface area contributed by atoms with Crippen LogP contribution in [0.1, 0.15) is 13.8 Å². The Morgan fingerprint density at radius 2 is 1.90 bits per heavy atom. The van der Waals surface area contributed by atoms with Crippen LogP contribution in [0.25, 0.3) is 11.1 Å². The van der Waals surface area contributed by atoms with Crippen molar-refractivity contribution in [2.75, 3.05) is 37.2 Å². The third kappa shape index (κ3) is 3.49. The first-order valence-corrected chi connectivity index (χ1v) is 7.80. The van der Waals surface area contributed by atoms with E-state index in [1.54, 1.807) is 0 Å². The summed E-state index contributed by atoms with van der Waals surface area (Å²) in [7, 11) is 0. The fourth-order valence-corrected chi connectivity index (χ4v) is 2.94. The number of nitrogen functional groups attached to an aromatic ring is 1. The maximum atomic E-state index is 6.01. The van der Waals surface area contributed by atoms with Crippen LogP contribution in [0.15, 0.2) is 30.3 Å². The van der Waals surface area contributed by atoms with E-state index >= 15 is 0 Å². The molecule has 4 nitrogen and oxygen atoms in total. The highest BCUT2D eigenvalue weighted by molar-refractivity contribution is 7.11. The first-order chi connectivity index (χ1) is 9.76. The second-order valence-electron chi connectivity index (χ2n) is 4.59. The van der Waals surface area contributed by atoms with E-state index in [2.05, 4.69) is 40.6 Å². The van der Waals surface area contributed by atoms with Crippen LogP contribution in [0.4, 0.5) is 10.8 Å². The lowest BCUT2D eigenvalue weighted by Crippen LogP contribution is -2.28. The van der Waals surface area contributed by atoms with Gasteiger partial charge in [-0.3, -0.25) is 0 Å². The van der Waals surface area contributed by atoms with Crippen LogP contribution in [-0.4, -0.2) is 35.5 Å². The van der Waals surface area contributed by atoms with Gasteiger partial charge in [0.05, 0.1) is 5.56 Å². The van der Waals surface area contributed by atoms with E-state index < -0.39 is 0 Å². The third-order valence-corrected chi connectivity index (χ3v) is 4.21. The molecule has 5 heteroatoms. The van der Waals surface area contributed by atoms with Gasteiger partial charge in [0.25, 0.3) is 0 Å². The highest BCUT2D eigenvalue weighted by atomic mass is 32.1. The zero-order valence-electron chi connectivity index (χ0n) is 12.1. The zero-order valence-corrected chi connectivity index (χ0v) is 12.9. The summed E-state index contributed by atoms with van der Waals surface area (Å²) in [4.78, 5) is 2.39. The summed E-state index contributed by atoms with van der Waals surface area (Å²) in [5, 5.41) is 4.52. The van der Waals surface area contributed by atoms with E-state index in [1.165, 1.54) is 11.5 Å². The van der Waals surface area contributed by atoms with Crippen molar-refractivity contribution in [2.45, 2.75) is 13.8 Å². The smallest absolute Gasteiger partial charge is 0.147 e. The summed E-state index contributed by atoms with van der Waals surface area (Å²) in [5.74, 6) is 0.603. The molecule has 1 heterocycles. The molecule has 1 aromatic carbocycles. The number of anilines is 2. The van der Waals surface area contributed by atoms with E-state index in [4.69, 9.17) is 5.73 Å².